The Hall–Kier alpha value is -2.06. The highest BCUT2D eigenvalue weighted by molar-refractivity contribution is 5.64. The van der Waals surface area contributed by atoms with E-state index in [2.05, 4.69) is 24.3 Å². The van der Waals surface area contributed by atoms with Gasteiger partial charge in [-0.05, 0) is 41.0 Å². The Kier molecular flexibility index (Phi) is 1.20. The summed E-state index contributed by atoms with van der Waals surface area (Å²) in [5.74, 6) is 2.26. The summed E-state index contributed by atoms with van der Waals surface area (Å²) in [6.07, 6.45) is 4.49. The zero-order valence-electron chi connectivity index (χ0n) is 8.51. The first kappa shape index (κ1) is 8.13. The number of nitriles is 2. The fourth-order valence-corrected chi connectivity index (χ4v) is 3.67. The monoisotopic (exact) mass is 204 g/mol. The van der Waals surface area contributed by atoms with Crippen LogP contribution in [0.15, 0.2) is 24.3 Å². The number of fused-ring (bicyclic) bond motifs is 4. The van der Waals surface area contributed by atoms with Gasteiger partial charge < -0.3 is 0 Å². The maximum absolute atomic E-state index is 9.14. The van der Waals surface area contributed by atoms with Crippen LogP contribution in [-0.4, -0.2) is 0 Å². The van der Waals surface area contributed by atoms with Crippen molar-refractivity contribution in [1.29, 1.82) is 10.5 Å². The third kappa shape index (κ3) is 0.677. The van der Waals surface area contributed by atoms with Gasteiger partial charge in [0.2, 0.25) is 0 Å². The minimum absolute atomic E-state index is 0.410. The van der Waals surface area contributed by atoms with Gasteiger partial charge in [-0.25, -0.2) is 0 Å². The van der Waals surface area contributed by atoms with Crippen molar-refractivity contribution in [3.63, 3.8) is 0 Å². The molecule has 0 saturated heterocycles. The molecule has 0 spiro atoms. The van der Waals surface area contributed by atoms with Gasteiger partial charge in [-0.15, -0.1) is 0 Å². The molecular formula is C14H8N2. The van der Waals surface area contributed by atoms with E-state index in [0.29, 0.717) is 23.7 Å². The number of hydrogen-bond acceptors (Lipinski definition) is 2. The summed E-state index contributed by atoms with van der Waals surface area (Å²) in [4.78, 5) is 0. The molecule has 0 amide bonds. The molecule has 0 aromatic heterocycles. The van der Waals surface area contributed by atoms with Gasteiger partial charge in [0.25, 0.3) is 0 Å². The van der Waals surface area contributed by atoms with Crippen molar-refractivity contribution in [2.75, 3.05) is 0 Å². The Labute approximate surface area is 93.4 Å². The summed E-state index contributed by atoms with van der Waals surface area (Å²) < 4.78 is 0. The standard InChI is InChI=1S/C14H8N2/c15-5-7-1-2-8(6-16)12-11(7)9-3-4-10-13(9)14(10)12/h1-4,9-10,13-14H. The van der Waals surface area contributed by atoms with E-state index in [1.54, 1.807) is 12.1 Å². The van der Waals surface area contributed by atoms with Gasteiger partial charge in [0, 0.05) is 5.92 Å². The number of rotatable bonds is 0. The fraction of sp³-hybridized carbons (Fsp3) is 0.286. The summed E-state index contributed by atoms with van der Waals surface area (Å²) >= 11 is 0. The third-order valence-corrected chi connectivity index (χ3v) is 4.28. The summed E-state index contributed by atoms with van der Waals surface area (Å²) in [7, 11) is 0. The number of hydrogen-bond donors (Lipinski definition) is 0. The second-order valence-electron chi connectivity index (χ2n) is 4.80. The van der Waals surface area contributed by atoms with Crippen molar-refractivity contribution < 1.29 is 0 Å². The number of nitrogens with zero attached hydrogens (tertiary/aromatic N) is 2. The normalized spacial score (nSPS) is 35.1. The maximum Gasteiger partial charge on any atom is 0.0994 e. The molecule has 4 unspecified atom stereocenters. The van der Waals surface area contributed by atoms with Gasteiger partial charge in [0.1, 0.15) is 0 Å². The fourth-order valence-electron chi connectivity index (χ4n) is 3.67. The van der Waals surface area contributed by atoms with Crippen LogP contribution in [0.5, 0.6) is 0 Å². The average molecular weight is 204 g/mol. The molecule has 0 heterocycles. The zero-order valence-corrected chi connectivity index (χ0v) is 8.51. The molecule has 2 heteroatoms. The highest BCUT2D eigenvalue weighted by Gasteiger charge is 2.62. The van der Waals surface area contributed by atoms with E-state index < -0.39 is 0 Å². The molecule has 0 N–H and O–H groups in total. The Morgan fingerprint density at radius 3 is 2.31 bits per heavy atom. The van der Waals surface area contributed by atoms with Gasteiger partial charge in [-0.2, -0.15) is 10.5 Å². The SMILES string of the molecule is N#Cc1ccc(C#N)c2c1C1C=CC3C2C13. The molecule has 0 radical (unpaired) electrons. The minimum atomic E-state index is 0.410. The lowest BCUT2D eigenvalue weighted by atomic mass is 9.90. The van der Waals surface area contributed by atoms with Crippen LogP contribution in [0, 0.1) is 34.5 Å². The van der Waals surface area contributed by atoms with E-state index >= 15 is 0 Å². The molecule has 4 atom stereocenters. The topological polar surface area (TPSA) is 47.6 Å². The smallest absolute Gasteiger partial charge is 0.0994 e. The predicted molar refractivity (Wildman–Crippen MR) is 57.5 cm³/mol. The molecule has 1 aromatic carbocycles. The minimum Gasteiger partial charge on any atom is -0.192 e. The number of allylic oxidation sites excluding steroid dienone is 2. The van der Waals surface area contributed by atoms with E-state index in [1.807, 2.05) is 0 Å². The molecule has 74 valence electrons. The highest BCUT2D eigenvalue weighted by atomic mass is 14.7. The molecule has 0 aliphatic heterocycles. The lowest BCUT2D eigenvalue weighted by Gasteiger charge is -2.11. The first-order valence-corrected chi connectivity index (χ1v) is 5.52. The summed E-state index contributed by atoms with van der Waals surface area (Å²) in [5.41, 5.74) is 3.85. The maximum atomic E-state index is 9.14. The molecule has 3 aliphatic carbocycles. The van der Waals surface area contributed by atoms with Gasteiger partial charge in [-0.3, -0.25) is 0 Å². The van der Waals surface area contributed by atoms with E-state index in [0.717, 1.165) is 16.7 Å². The second kappa shape index (κ2) is 2.36. The Morgan fingerprint density at radius 2 is 1.62 bits per heavy atom. The Bertz CT molecular complexity index is 627. The number of benzene rings is 1. The largest absolute Gasteiger partial charge is 0.192 e. The van der Waals surface area contributed by atoms with Crippen molar-refractivity contribution in [3.05, 3.63) is 46.5 Å². The summed E-state index contributed by atoms with van der Waals surface area (Å²) in [6, 6.07) is 8.12. The first-order chi connectivity index (χ1) is 7.86. The molecule has 3 aliphatic rings. The summed E-state index contributed by atoms with van der Waals surface area (Å²) in [6.45, 7) is 0. The van der Waals surface area contributed by atoms with Gasteiger partial charge >= 0.3 is 0 Å². The van der Waals surface area contributed by atoms with E-state index in [-0.39, 0.29) is 0 Å². The van der Waals surface area contributed by atoms with Crippen LogP contribution in [0.25, 0.3) is 0 Å². The second-order valence-corrected chi connectivity index (χ2v) is 4.80. The van der Waals surface area contributed by atoms with Crippen molar-refractivity contribution in [2.24, 2.45) is 11.8 Å². The van der Waals surface area contributed by atoms with Crippen LogP contribution >= 0.6 is 0 Å². The first-order valence-electron chi connectivity index (χ1n) is 5.52. The zero-order chi connectivity index (χ0) is 10.9. The molecule has 2 nitrogen and oxygen atoms in total. The van der Waals surface area contributed by atoms with Crippen molar-refractivity contribution in [3.8, 4) is 12.1 Å². The molecule has 16 heavy (non-hydrogen) atoms. The van der Waals surface area contributed by atoms with Crippen molar-refractivity contribution >= 4 is 0 Å². The lowest BCUT2D eigenvalue weighted by molar-refractivity contribution is 0.750. The highest BCUT2D eigenvalue weighted by Crippen LogP contribution is 2.72. The Balaban J connectivity index is 2.07. The van der Waals surface area contributed by atoms with E-state index in [4.69, 9.17) is 10.5 Å². The molecular weight excluding hydrogens is 196 g/mol. The third-order valence-electron chi connectivity index (χ3n) is 4.28. The van der Waals surface area contributed by atoms with Gasteiger partial charge in [0.05, 0.1) is 23.3 Å². The van der Waals surface area contributed by atoms with Crippen molar-refractivity contribution in [2.45, 2.75) is 11.8 Å². The lowest BCUT2D eigenvalue weighted by Crippen LogP contribution is -2.00. The van der Waals surface area contributed by atoms with Crippen LogP contribution < -0.4 is 0 Å². The molecule has 1 fully saturated rings. The van der Waals surface area contributed by atoms with Crippen LogP contribution in [0.1, 0.15) is 34.1 Å². The van der Waals surface area contributed by atoms with E-state index in [1.165, 1.54) is 5.56 Å². The van der Waals surface area contributed by atoms with Gasteiger partial charge in [0.15, 0.2) is 0 Å². The molecule has 1 aromatic rings. The quantitative estimate of drug-likeness (QED) is 0.609. The average Bonchev–Trinajstić information content (AvgIpc) is 2.77. The van der Waals surface area contributed by atoms with E-state index in [9.17, 15) is 0 Å². The van der Waals surface area contributed by atoms with Crippen LogP contribution in [0.2, 0.25) is 0 Å². The Morgan fingerprint density at radius 1 is 0.938 bits per heavy atom. The molecule has 0 bridgehead atoms. The summed E-state index contributed by atoms with van der Waals surface area (Å²) in [5, 5.41) is 18.3. The molecule has 4 rings (SSSR count). The van der Waals surface area contributed by atoms with Crippen LogP contribution in [0.3, 0.4) is 0 Å². The van der Waals surface area contributed by atoms with Gasteiger partial charge in [-0.1, -0.05) is 12.2 Å². The van der Waals surface area contributed by atoms with Crippen LogP contribution in [0.4, 0.5) is 0 Å². The van der Waals surface area contributed by atoms with Crippen LogP contribution in [-0.2, 0) is 0 Å². The molecule has 1 saturated carbocycles. The predicted octanol–water partition coefficient (Wildman–Crippen LogP) is 2.43. The van der Waals surface area contributed by atoms with Crippen molar-refractivity contribution in [1.82, 2.24) is 0 Å².